The van der Waals surface area contributed by atoms with E-state index in [-0.39, 0.29) is 24.0 Å². The smallest absolute Gasteiger partial charge is 0.193 e. The van der Waals surface area contributed by atoms with Crippen LogP contribution in [0.3, 0.4) is 0 Å². The summed E-state index contributed by atoms with van der Waals surface area (Å²) in [5, 5.41) is 3.52. The average molecular weight is 405 g/mol. The van der Waals surface area contributed by atoms with Crippen LogP contribution < -0.4 is 5.32 Å². The topological polar surface area (TPSA) is 27.6 Å². The highest BCUT2D eigenvalue weighted by Gasteiger charge is 2.39. The second-order valence-corrected chi connectivity index (χ2v) is 7.20. The number of likely N-dealkylation sites (tertiary alicyclic amines) is 1. The zero-order valence-corrected chi connectivity index (χ0v) is 15.9. The predicted molar refractivity (Wildman–Crippen MR) is 100 cm³/mol. The van der Waals surface area contributed by atoms with Crippen molar-refractivity contribution in [2.24, 2.45) is 16.3 Å². The lowest BCUT2D eigenvalue weighted by Gasteiger charge is -2.33. The number of halogens is 1. The summed E-state index contributed by atoms with van der Waals surface area (Å²) < 4.78 is 0. The molecular weight excluding hydrogens is 373 g/mol. The molecule has 122 valence electrons. The molecule has 0 atom stereocenters. The second kappa shape index (κ2) is 8.02. The highest BCUT2D eigenvalue weighted by atomic mass is 127. The van der Waals surface area contributed by atoms with Crippen molar-refractivity contribution >= 4 is 29.9 Å². The summed E-state index contributed by atoms with van der Waals surface area (Å²) in [5.74, 6) is 2.18. The third-order valence-electron chi connectivity index (χ3n) is 5.48. The van der Waals surface area contributed by atoms with Gasteiger partial charge in [0, 0.05) is 26.2 Å². The Balaban J connectivity index is 0.00000161. The van der Waals surface area contributed by atoms with Crippen molar-refractivity contribution < 1.29 is 0 Å². The largest absolute Gasteiger partial charge is 0.357 e. The van der Waals surface area contributed by atoms with Crippen molar-refractivity contribution in [3.8, 4) is 0 Å². The summed E-state index contributed by atoms with van der Waals surface area (Å²) in [6.45, 7) is 6.67. The van der Waals surface area contributed by atoms with Gasteiger partial charge in [0.15, 0.2) is 5.96 Å². The van der Waals surface area contributed by atoms with E-state index in [1.807, 2.05) is 0 Å². The van der Waals surface area contributed by atoms with Crippen LogP contribution in [0.2, 0.25) is 0 Å². The molecule has 1 spiro atoms. The van der Waals surface area contributed by atoms with Gasteiger partial charge in [-0.3, -0.25) is 4.99 Å². The van der Waals surface area contributed by atoms with Gasteiger partial charge >= 0.3 is 0 Å². The van der Waals surface area contributed by atoms with Gasteiger partial charge in [0.05, 0.1) is 0 Å². The van der Waals surface area contributed by atoms with Crippen LogP contribution in [-0.4, -0.2) is 37.0 Å². The van der Waals surface area contributed by atoms with Crippen LogP contribution in [-0.2, 0) is 0 Å². The fourth-order valence-electron chi connectivity index (χ4n) is 4.01. The van der Waals surface area contributed by atoms with Crippen LogP contribution in [0.1, 0.15) is 64.7 Å². The maximum Gasteiger partial charge on any atom is 0.193 e. The molecule has 3 aliphatic rings. The van der Waals surface area contributed by atoms with Gasteiger partial charge in [-0.2, -0.15) is 0 Å². The lowest BCUT2D eigenvalue weighted by molar-refractivity contribution is 0.203. The fraction of sp³-hybridized carbons (Fsp3) is 0.941. The van der Waals surface area contributed by atoms with Gasteiger partial charge in [-0.25, -0.2) is 0 Å². The molecule has 1 saturated heterocycles. The van der Waals surface area contributed by atoms with E-state index in [9.17, 15) is 0 Å². The summed E-state index contributed by atoms with van der Waals surface area (Å²) in [6.07, 6.45) is 12.8. The van der Waals surface area contributed by atoms with Gasteiger partial charge < -0.3 is 10.2 Å². The van der Waals surface area contributed by atoms with Gasteiger partial charge in [-0.15, -0.1) is 24.0 Å². The van der Waals surface area contributed by atoms with Gasteiger partial charge in [0.2, 0.25) is 0 Å². The van der Waals surface area contributed by atoms with E-state index in [0.29, 0.717) is 5.41 Å². The van der Waals surface area contributed by atoms with E-state index in [0.717, 1.165) is 19.0 Å². The van der Waals surface area contributed by atoms with Crippen molar-refractivity contribution in [1.82, 2.24) is 10.2 Å². The van der Waals surface area contributed by atoms with E-state index in [4.69, 9.17) is 4.99 Å². The molecule has 0 unspecified atom stereocenters. The molecule has 0 aromatic heterocycles. The van der Waals surface area contributed by atoms with Gasteiger partial charge in [0.1, 0.15) is 0 Å². The summed E-state index contributed by atoms with van der Waals surface area (Å²) in [5.41, 5.74) is 0.630. The van der Waals surface area contributed by atoms with E-state index < -0.39 is 0 Å². The minimum atomic E-state index is 0. The highest BCUT2D eigenvalue weighted by Crippen LogP contribution is 2.43. The third kappa shape index (κ3) is 4.73. The molecular formula is C17H32IN3. The van der Waals surface area contributed by atoms with Crippen molar-refractivity contribution in [2.45, 2.75) is 64.7 Å². The Bertz CT molecular complexity index is 346. The quantitative estimate of drug-likeness (QED) is 0.435. The van der Waals surface area contributed by atoms with Gasteiger partial charge in [-0.05, 0) is 43.9 Å². The Morgan fingerprint density at radius 1 is 1.19 bits per heavy atom. The van der Waals surface area contributed by atoms with Crippen LogP contribution in [0.4, 0.5) is 0 Å². The number of nitrogens with zero attached hydrogens (tertiary/aromatic N) is 2. The highest BCUT2D eigenvalue weighted by molar-refractivity contribution is 14.0. The Morgan fingerprint density at radius 3 is 2.62 bits per heavy atom. The molecule has 1 heterocycles. The van der Waals surface area contributed by atoms with Crippen molar-refractivity contribution in [1.29, 1.82) is 0 Å². The maximum absolute atomic E-state index is 4.89. The van der Waals surface area contributed by atoms with Crippen LogP contribution in [0.25, 0.3) is 0 Å². The zero-order valence-electron chi connectivity index (χ0n) is 13.6. The number of rotatable bonds is 4. The van der Waals surface area contributed by atoms with Crippen molar-refractivity contribution in [3.63, 3.8) is 0 Å². The summed E-state index contributed by atoms with van der Waals surface area (Å²) in [4.78, 5) is 7.43. The molecule has 0 amide bonds. The normalized spacial score (nSPS) is 25.0. The lowest BCUT2D eigenvalue weighted by Crippen LogP contribution is -2.41. The Morgan fingerprint density at radius 2 is 1.95 bits per heavy atom. The van der Waals surface area contributed by atoms with Gasteiger partial charge in [0.25, 0.3) is 0 Å². The first kappa shape index (κ1) is 17.4. The molecule has 2 aliphatic carbocycles. The van der Waals surface area contributed by atoms with Crippen LogP contribution in [0.5, 0.6) is 0 Å². The molecule has 0 aromatic carbocycles. The molecule has 1 N–H and O–H groups in total. The molecule has 3 nitrogen and oxygen atoms in total. The first-order valence-corrected chi connectivity index (χ1v) is 8.85. The van der Waals surface area contributed by atoms with Crippen molar-refractivity contribution in [3.05, 3.63) is 0 Å². The van der Waals surface area contributed by atoms with Crippen LogP contribution in [0, 0.1) is 11.3 Å². The standard InChI is InChI=1S/C17H31N3.HI/c1-2-18-16(19-12-8-15-6-7-15)20-13-11-17(14-20)9-4-3-5-10-17;/h15H,2-14H2,1H3,(H,18,19);1H. The zero-order chi connectivity index (χ0) is 13.8. The first-order chi connectivity index (χ1) is 9.81. The molecule has 0 aromatic rings. The number of guanidine groups is 1. The minimum absolute atomic E-state index is 0. The van der Waals surface area contributed by atoms with Crippen LogP contribution in [0.15, 0.2) is 4.99 Å². The molecule has 2 saturated carbocycles. The summed E-state index contributed by atoms with van der Waals surface area (Å²) >= 11 is 0. The second-order valence-electron chi connectivity index (χ2n) is 7.20. The Labute approximate surface area is 147 Å². The maximum atomic E-state index is 4.89. The van der Waals surface area contributed by atoms with E-state index in [1.165, 1.54) is 76.8 Å². The molecule has 0 radical (unpaired) electrons. The minimum Gasteiger partial charge on any atom is -0.357 e. The monoisotopic (exact) mass is 405 g/mol. The molecule has 0 bridgehead atoms. The average Bonchev–Trinajstić information content (AvgIpc) is 3.21. The Hall–Kier alpha value is 0. The van der Waals surface area contributed by atoms with E-state index in [2.05, 4.69) is 17.1 Å². The van der Waals surface area contributed by atoms with Crippen LogP contribution >= 0.6 is 24.0 Å². The lowest BCUT2D eigenvalue weighted by atomic mass is 9.73. The number of nitrogens with one attached hydrogen (secondary N) is 1. The molecule has 1 aliphatic heterocycles. The summed E-state index contributed by atoms with van der Waals surface area (Å²) in [6, 6.07) is 0. The molecule has 21 heavy (non-hydrogen) atoms. The first-order valence-electron chi connectivity index (χ1n) is 8.85. The molecule has 3 rings (SSSR count). The third-order valence-corrected chi connectivity index (χ3v) is 5.48. The molecule has 3 fully saturated rings. The van der Waals surface area contributed by atoms with E-state index in [1.54, 1.807) is 0 Å². The SMILES string of the molecule is CCNC(=NCCC1CC1)N1CCC2(CCCCC2)C1.I. The summed E-state index contributed by atoms with van der Waals surface area (Å²) in [7, 11) is 0. The fourth-order valence-corrected chi connectivity index (χ4v) is 4.01. The number of hydrogen-bond donors (Lipinski definition) is 1. The number of aliphatic imine (C=N–C) groups is 1. The number of hydrogen-bond acceptors (Lipinski definition) is 1. The molecule has 4 heteroatoms. The Kier molecular flexibility index (Phi) is 6.63. The van der Waals surface area contributed by atoms with E-state index >= 15 is 0 Å². The predicted octanol–water partition coefficient (Wildman–Crippen LogP) is 4.03. The van der Waals surface area contributed by atoms with Gasteiger partial charge in [-0.1, -0.05) is 32.1 Å². The van der Waals surface area contributed by atoms with Crippen molar-refractivity contribution in [2.75, 3.05) is 26.2 Å².